The van der Waals surface area contributed by atoms with Gasteiger partial charge in [0.25, 0.3) is 0 Å². The molecule has 0 unspecified atom stereocenters. The van der Waals surface area contributed by atoms with Crippen molar-refractivity contribution in [3.63, 3.8) is 0 Å². The molecule has 1 amide bonds. The molecule has 0 fully saturated rings. The SMILES string of the molecule is CNC(=O)[C@@H](N)[C@@H](C)OCc1ccccn1. The van der Waals surface area contributed by atoms with E-state index >= 15 is 0 Å². The molecule has 1 aromatic heterocycles. The minimum Gasteiger partial charge on any atom is -0.370 e. The van der Waals surface area contributed by atoms with Crippen molar-refractivity contribution in [2.45, 2.75) is 25.7 Å². The smallest absolute Gasteiger partial charge is 0.239 e. The molecule has 0 radical (unpaired) electrons. The third-order valence-corrected chi connectivity index (χ3v) is 2.28. The maximum atomic E-state index is 11.2. The Morgan fingerprint density at radius 3 is 2.94 bits per heavy atom. The Morgan fingerprint density at radius 2 is 2.38 bits per heavy atom. The van der Waals surface area contributed by atoms with Crippen LogP contribution < -0.4 is 11.1 Å². The minimum absolute atomic E-state index is 0.228. The van der Waals surface area contributed by atoms with Crippen LogP contribution in [0.3, 0.4) is 0 Å². The molecule has 0 aliphatic heterocycles. The lowest BCUT2D eigenvalue weighted by Gasteiger charge is -2.18. The van der Waals surface area contributed by atoms with Crippen LogP contribution in [0.4, 0.5) is 0 Å². The Balaban J connectivity index is 2.41. The Hall–Kier alpha value is -1.46. The van der Waals surface area contributed by atoms with Gasteiger partial charge in [-0.05, 0) is 19.1 Å². The number of hydrogen-bond acceptors (Lipinski definition) is 4. The van der Waals surface area contributed by atoms with Crippen molar-refractivity contribution in [3.05, 3.63) is 30.1 Å². The van der Waals surface area contributed by atoms with E-state index in [4.69, 9.17) is 10.5 Å². The quantitative estimate of drug-likeness (QED) is 0.740. The van der Waals surface area contributed by atoms with Crippen molar-refractivity contribution in [1.29, 1.82) is 0 Å². The van der Waals surface area contributed by atoms with Crippen LogP contribution in [0.15, 0.2) is 24.4 Å². The van der Waals surface area contributed by atoms with Crippen molar-refractivity contribution in [2.24, 2.45) is 5.73 Å². The van der Waals surface area contributed by atoms with E-state index in [1.807, 2.05) is 18.2 Å². The van der Waals surface area contributed by atoms with E-state index in [2.05, 4.69) is 10.3 Å². The summed E-state index contributed by atoms with van der Waals surface area (Å²) in [6.45, 7) is 2.12. The number of hydrogen-bond donors (Lipinski definition) is 2. The van der Waals surface area contributed by atoms with Crippen LogP contribution in [0.2, 0.25) is 0 Å². The van der Waals surface area contributed by atoms with Gasteiger partial charge in [0.2, 0.25) is 5.91 Å². The van der Waals surface area contributed by atoms with Crippen molar-refractivity contribution >= 4 is 5.91 Å². The molecule has 0 saturated heterocycles. The number of rotatable bonds is 5. The van der Waals surface area contributed by atoms with Crippen LogP contribution in [0.25, 0.3) is 0 Å². The monoisotopic (exact) mass is 223 g/mol. The second-order valence-electron chi connectivity index (χ2n) is 3.48. The van der Waals surface area contributed by atoms with E-state index in [9.17, 15) is 4.79 Å². The van der Waals surface area contributed by atoms with Crippen LogP contribution in [-0.2, 0) is 16.1 Å². The summed E-state index contributed by atoms with van der Waals surface area (Å²) in [5.74, 6) is -0.228. The molecule has 3 N–H and O–H groups in total. The fourth-order valence-corrected chi connectivity index (χ4v) is 1.18. The van der Waals surface area contributed by atoms with Crippen LogP contribution in [0.5, 0.6) is 0 Å². The number of nitrogens with two attached hydrogens (primary N) is 1. The average Bonchev–Trinajstić information content (AvgIpc) is 2.35. The van der Waals surface area contributed by atoms with Gasteiger partial charge < -0.3 is 15.8 Å². The van der Waals surface area contributed by atoms with Gasteiger partial charge >= 0.3 is 0 Å². The van der Waals surface area contributed by atoms with E-state index in [-0.39, 0.29) is 12.0 Å². The molecule has 0 aromatic carbocycles. The molecule has 1 aromatic rings. The number of ether oxygens (including phenoxy) is 1. The molecular weight excluding hydrogens is 206 g/mol. The maximum Gasteiger partial charge on any atom is 0.239 e. The largest absolute Gasteiger partial charge is 0.370 e. The minimum atomic E-state index is -0.659. The molecule has 5 nitrogen and oxygen atoms in total. The Labute approximate surface area is 95.0 Å². The van der Waals surface area contributed by atoms with Crippen molar-refractivity contribution in [1.82, 2.24) is 10.3 Å². The summed E-state index contributed by atoms with van der Waals surface area (Å²) >= 11 is 0. The number of carbonyl (C=O) groups excluding carboxylic acids is 1. The number of carbonyl (C=O) groups is 1. The molecule has 5 heteroatoms. The lowest BCUT2D eigenvalue weighted by Crippen LogP contribution is -2.46. The molecule has 0 spiro atoms. The molecule has 0 saturated carbocycles. The van der Waals surface area contributed by atoms with Gasteiger partial charge in [-0.25, -0.2) is 0 Å². The second-order valence-corrected chi connectivity index (χ2v) is 3.48. The molecule has 0 aliphatic carbocycles. The first-order chi connectivity index (χ1) is 7.65. The Bertz CT molecular complexity index is 329. The molecule has 0 bridgehead atoms. The molecule has 1 rings (SSSR count). The van der Waals surface area contributed by atoms with Crippen molar-refractivity contribution in [3.8, 4) is 0 Å². The fourth-order valence-electron chi connectivity index (χ4n) is 1.18. The maximum absolute atomic E-state index is 11.2. The van der Waals surface area contributed by atoms with Crippen molar-refractivity contribution in [2.75, 3.05) is 7.05 Å². The second kappa shape index (κ2) is 6.19. The number of nitrogens with one attached hydrogen (secondary N) is 1. The predicted molar refractivity (Wildman–Crippen MR) is 60.5 cm³/mol. The first kappa shape index (κ1) is 12.6. The summed E-state index contributed by atoms with van der Waals surface area (Å²) in [5.41, 5.74) is 6.50. The first-order valence-corrected chi connectivity index (χ1v) is 5.14. The third-order valence-electron chi connectivity index (χ3n) is 2.28. The molecular formula is C11H17N3O2. The van der Waals surface area contributed by atoms with E-state index < -0.39 is 6.04 Å². The van der Waals surface area contributed by atoms with E-state index in [1.54, 1.807) is 20.2 Å². The number of aromatic nitrogens is 1. The predicted octanol–water partition coefficient (Wildman–Crippen LogP) is 0.0600. The molecule has 16 heavy (non-hydrogen) atoms. The summed E-state index contributed by atoms with van der Waals surface area (Å²) in [5, 5.41) is 2.48. The van der Waals surface area contributed by atoms with E-state index in [0.29, 0.717) is 6.61 Å². The zero-order valence-electron chi connectivity index (χ0n) is 9.51. The standard InChI is InChI=1S/C11H17N3O2/c1-8(10(12)11(15)13-2)16-7-9-5-3-4-6-14-9/h3-6,8,10H,7,12H2,1-2H3,(H,13,15)/t8-,10+/m1/s1. The summed E-state index contributed by atoms with van der Waals surface area (Å²) in [6.07, 6.45) is 1.35. The normalized spacial score (nSPS) is 14.2. The van der Waals surface area contributed by atoms with Crippen LogP contribution in [0.1, 0.15) is 12.6 Å². The molecule has 2 atom stereocenters. The van der Waals surface area contributed by atoms with Crippen molar-refractivity contribution < 1.29 is 9.53 Å². The number of pyridine rings is 1. The fraction of sp³-hybridized carbons (Fsp3) is 0.455. The van der Waals surface area contributed by atoms with Crippen LogP contribution in [-0.4, -0.2) is 30.1 Å². The lowest BCUT2D eigenvalue weighted by atomic mass is 10.2. The summed E-state index contributed by atoms with van der Waals surface area (Å²) in [6, 6.07) is 4.92. The van der Waals surface area contributed by atoms with Gasteiger partial charge in [0, 0.05) is 13.2 Å². The summed E-state index contributed by atoms with van der Waals surface area (Å²) in [7, 11) is 1.55. The topological polar surface area (TPSA) is 77.2 Å². The highest BCUT2D eigenvalue weighted by Gasteiger charge is 2.20. The van der Waals surface area contributed by atoms with Gasteiger partial charge in [-0.3, -0.25) is 9.78 Å². The highest BCUT2D eigenvalue weighted by atomic mass is 16.5. The first-order valence-electron chi connectivity index (χ1n) is 5.14. The Morgan fingerprint density at radius 1 is 1.62 bits per heavy atom. The summed E-state index contributed by atoms with van der Waals surface area (Å²) < 4.78 is 5.46. The highest BCUT2D eigenvalue weighted by Crippen LogP contribution is 2.02. The Kier molecular flexibility index (Phi) is 4.88. The third kappa shape index (κ3) is 3.60. The van der Waals surface area contributed by atoms with Gasteiger partial charge in [-0.1, -0.05) is 6.07 Å². The number of nitrogens with zero attached hydrogens (tertiary/aromatic N) is 1. The van der Waals surface area contributed by atoms with Gasteiger partial charge in [-0.2, -0.15) is 0 Å². The zero-order chi connectivity index (χ0) is 12.0. The molecule has 88 valence electrons. The highest BCUT2D eigenvalue weighted by molar-refractivity contribution is 5.81. The van der Waals surface area contributed by atoms with Crippen LogP contribution >= 0.6 is 0 Å². The van der Waals surface area contributed by atoms with E-state index in [1.165, 1.54) is 0 Å². The number of likely N-dealkylation sites (N-methyl/N-ethyl adjacent to an activating group) is 1. The van der Waals surface area contributed by atoms with Gasteiger partial charge in [0.1, 0.15) is 6.04 Å². The van der Waals surface area contributed by atoms with Gasteiger partial charge in [0.15, 0.2) is 0 Å². The molecule has 0 aliphatic rings. The molecule has 1 heterocycles. The van der Waals surface area contributed by atoms with Crippen LogP contribution in [0, 0.1) is 0 Å². The average molecular weight is 223 g/mol. The lowest BCUT2D eigenvalue weighted by molar-refractivity contribution is -0.125. The van der Waals surface area contributed by atoms with Gasteiger partial charge in [0.05, 0.1) is 18.4 Å². The van der Waals surface area contributed by atoms with E-state index in [0.717, 1.165) is 5.69 Å². The zero-order valence-corrected chi connectivity index (χ0v) is 9.51. The summed E-state index contributed by atoms with van der Waals surface area (Å²) in [4.78, 5) is 15.3. The van der Waals surface area contributed by atoms with Gasteiger partial charge in [-0.15, -0.1) is 0 Å². The number of amides is 1.